The lowest BCUT2D eigenvalue weighted by Gasteiger charge is -2.26. The van der Waals surface area contributed by atoms with Gasteiger partial charge in [-0.05, 0) is 46.0 Å². The number of methoxy groups -OCH3 is 1. The molecule has 2 rings (SSSR count). The fourth-order valence-electron chi connectivity index (χ4n) is 5.59. The van der Waals surface area contributed by atoms with Gasteiger partial charge in [-0.3, -0.25) is 0 Å². The highest BCUT2D eigenvalue weighted by Gasteiger charge is 2.41. The van der Waals surface area contributed by atoms with Gasteiger partial charge in [-0.25, -0.2) is 0 Å². The third-order valence-corrected chi connectivity index (χ3v) is 7.52. The van der Waals surface area contributed by atoms with Crippen LogP contribution in [0.1, 0.15) is 130 Å². The molecule has 0 aliphatic carbocycles. The van der Waals surface area contributed by atoms with Gasteiger partial charge in [0.05, 0.1) is 37.1 Å². The number of unbranched alkanes of at least 4 members (excludes halogenated alkanes) is 11. The molecule has 0 bridgehead atoms. The molecule has 0 saturated carbocycles. The van der Waals surface area contributed by atoms with E-state index in [1.807, 2.05) is 13.8 Å². The highest BCUT2D eigenvalue weighted by atomic mass is 16.8. The molecule has 6 nitrogen and oxygen atoms in total. The molecule has 5 atom stereocenters. The fourth-order valence-corrected chi connectivity index (χ4v) is 5.59. The van der Waals surface area contributed by atoms with Crippen LogP contribution in [0.3, 0.4) is 0 Å². The first-order chi connectivity index (χ1) is 17.0. The highest BCUT2D eigenvalue weighted by Crippen LogP contribution is 2.35. The van der Waals surface area contributed by atoms with Crippen LogP contribution in [-0.4, -0.2) is 61.9 Å². The van der Waals surface area contributed by atoms with Crippen molar-refractivity contribution in [3.63, 3.8) is 0 Å². The van der Waals surface area contributed by atoms with Crippen molar-refractivity contribution in [2.45, 2.75) is 166 Å². The second-order valence-electron chi connectivity index (χ2n) is 11.1. The standard InChI is InChI=1S/C29H56O6/c1-5-6-7-8-9-10-11-12-13-14-15-16-17-27-28(35-29(2,3)34-27)21-20-25(32-23-31-4)26-19-18-24(22-30)33-26/h24-28,30H,5-23H2,1-4H3/t24-,25-,26-,27+,28+/m0/s1. The molecular weight excluding hydrogens is 444 g/mol. The number of aliphatic hydroxyl groups excluding tert-OH is 1. The van der Waals surface area contributed by atoms with Crippen molar-refractivity contribution in [3.05, 3.63) is 0 Å². The second kappa shape index (κ2) is 18.1. The molecule has 0 aromatic heterocycles. The van der Waals surface area contributed by atoms with Crippen LogP contribution in [0.2, 0.25) is 0 Å². The molecule has 35 heavy (non-hydrogen) atoms. The van der Waals surface area contributed by atoms with Gasteiger partial charge >= 0.3 is 0 Å². The summed E-state index contributed by atoms with van der Waals surface area (Å²) in [6, 6.07) is 0. The Morgan fingerprint density at radius 2 is 1.40 bits per heavy atom. The maximum Gasteiger partial charge on any atom is 0.163 e. The molecule has 6 heteroatoms. The van der Waals surface area contributed by atoms with Crippen LogP contribution in [0, 0.1) is 0 Å². The predicted octanol–water partition coefficient (Wildman–Crippen LogP) is 6.91. The van der Waals surface area contributed by atoms with Gasteiger partial charge in [0.25, 0.3) is 0 Å². The maximum absolute atomic E-state index is 9.42. The number of rotatable bonds is 21. The van der Waals surface area contributed by atoms with Gasteiger partial charge in [0.2, 0.25) is 0 Å². The number of ether oxygens (including phenoxy) is 5. The molecule has 0 spiro atoms. The first-order valence-corrected chi connectivity index (χ1v) is 14.7. The normalized spacial score (nSPS) is 27.0. The lowest BCUT2D eigenvalue weighted by atomic mass is 9.97. The summed E-state index contributed by atoms with van der Waals surface area (Å²) in [6.45, 7) is 6.65. The van der Waals surface area contributed by atoms with E-state index in [0.29, 0.717) is 0 Å². The van der Waals surface area contributed by atoms with E-state index < -0.39 is 5.79 Å². The highest BCUT2D eigenvalue weighted by molar-refractivity contribution is 4.85. The molecule has 2 saturated heterocycles. The van der Waals surface area contributed by atoms with Crippen molar-refractivity contribution in [1.29, 1.82) is 0 Å². The molecule has 1 N–H and O–H groups in total. The van der Waals surface area contributed by atoms with Crippen LogP contribution >= 0.6 is 0 Å². The molecular formula is C29H56O6. The monoisotopic (exact) mass is 500 g/mol. The third kappa shape index (κ3) is 12.7. The molecule has 2 fully saturated rings. The van der Waals surface area contributed by atoms with Gasteiger partial charge in [0, 0.05) is 7.11 Å². The summed E-state index contributed by atoms with van der Waals surface area (Å²) in [4.78, 5) is 0. The van der Waals surface area contributed by atoms with Crippen LogP contribution in [0.4, 0.5) is 0 Å². The summed E-state index contributed by atoms with van der Waals surface area (Å²) in [6.07, 6.45) is 21.0. The van der Waals surface area contributed by atoms with Gasteiger partial charge in [-0.15, -0.1) is 0 Å². The average molecular weight is 501 g/mol. The van der Waals surface area contributed by atoms with Crippen molar-refractivity contribution in [3.8, 4) is 0 Å². The van der Waals surface area contributed by atoms with Crippen LogP contribution in [0.15, 0.2) is 0 Å². The van der Waals surface area contributed by atoms with E-state index in [1.165, 1.54) is 77.0 Å². The molecule has 208 valence electrons. The molecule has 0 radical (unpaired) electrons. The molecule has 0 amide bonds. The fraction of sp³-hybridized carbons (Fsp3) is 1.00. The minimum absolute atomic E-state index is 0.00687. The molecule has 0 aromatic rings. The first kappa shape index (κ1) is 31.0. The summed E-state index contributed by atoms with van der Waals surface area (Å²) in [7, 11) is 1.64. The number of aliphatic hydroxyl groups is 1. The molecule has 2 aliphatic heterocycles. The van der Waals surface area contributed by atoms with E-state index in [2.05, 4.69) is 6.92 Å². The average Bonchev–Trinajstić information content (AvgIpc) is 3.43. The molecule has 2 aliphatic rings. The van der Waals surface area contributed by atoms with Crippen molar-refractivity contribution in [2.24, 2.45) is 0 Å². The van der Waals surface area contributed by atoms with Crippen LogP contribution in [-0.2, 0) is 23.7 Å². The summed E-state index contributed by atoms with van der Waals surface area (Å²) in [5.41, 5.74) is 0. The Kier molecular flexibility index (Phi) is 16.0. The minimum Gasteiger partial charge on any atom is -0.394 e. The Labute approximate surface area is 215 Å². The molecule has 2 heterocycles. The zero-order chi connectivity index (χ0) is 25.4. The Morgan fingerprint density at radius 3 is 1.94 bits per heavy atom. The zero-order valence-corrected chi connectivity index (χ0v) is 23.3. The summed E-state index contributed by atoms with van der Waals surface area (Å²) >= 11 is 0. The Morgan fingerprint density at radius 1 is 0.829 bits per heavy atom. The van der Waals surface area contributed by atoms with Crippen molar-refractivity contribution >= 4 is 0 Å². The van der Waals surface area contributed by atoms with E-state index in [9.17, 15) is 5.11 Å². The quantitative estimate of drug-likeness (QED) is 0.136. The Hall–Kier alpha value is -0.240. The SMILES string of the molecule is CCCCCCCCCCCCCC[C@H]1OC(C)(C)O[C@@H]1CC[C@H](OCOC)[C@@H]1CC[C@@H](CO)O1. The van der Waals surface area contributed by atoms with E-state index >= 15 is 0 Å². The van der Waals surface area contributed by atoms with Crippen molar-refractivity contribution in [2.75, 3.05) is 20.5 Å². The summed E-state index contributed by atoms with van der Waals surface area (Å²) < 4.78 is 29.7. The van der Waals surface area contributed by atoms with E-state index in [-0.39, 0.29) is 43.9 Å². The predicted molar refractivity (Wildman–Crippen MR) is 140 cm³/mol. The lowest BCUT2D eigenvalue weighted by Crippen LogP contribution is -2.33. The summed E-state index contributed by atoms with van der Waals surface area (Å²) in [5.74, 6) is -0.527. The zero-order valence-electron chi connectivity index (χ0n) is 23.3. The second-order valence-corrected chi connectivity index (χ2v) is 11.1. The van der Waals surface area contributed by atoms with Crippen molar-refractivity contribution < 1.29 is 28.8 Å². The van der Waals surface area contributed by atoms with E-state index in [4.69, 9.17) is 23.7 Å². The number of hydrogen-bond donors (Lipinski definition) is 1. The van der Waals surface area contributed by atoms with Gasteiger partial charge in [-0.2, -0.15) is 0 Å². The molecule has 0 unspecified atom stereocenters. The van der Waals surface area contributed by atoms with Crippen LogP contribution in [0.5, 0.6) is 0 Å². The van der Waals surface area contributed by atoms with Crippen LogP contribution < -0.4 is 0 Å². The number of hydrogen-bond acceptors (Lipinski definition) is 6. The largest absolute Gasteiger partial charge is 0.394 e. The maximum atomic E-state index is 9.42. The molecule has 0 aromatic carbocycles. The topological polar surface area (TPSA) is 66.4 Å². The summed E-state index contributed by atoms with van der Waals surface area (Å²) in [5, 5.41) is 9.42. The lowest BCUT2D eigenvalue weighted by molar-refractivity contribution is -0.151. The Bertz CT molecular complexity index is 513. The Balaban J connectivity index is 1.64. The van der Waals surface area contributed by atoms with Crippen LogP contribution in [0.25, 0.3) is 0 Å². The van der Waals surface area contributed by atoms with Gasteiger partial charge in [0.15, 0.2) is 5.79 Å². The van der Waals surface area contributed by atoms with E-state index in [1.54, 1.807) is 7.11 Å². The van der Waals surface area contributed by atoms with Crippen molar-refractivity contribution in [1.82, 2.24) is 0 Å². The smallest absolute Gasteiger partial charge is 0.163 e. The minimum atomic E-state index is -0.527. The van der Waals surface area contributed by atoms with Gasteiger partial charge < -0.3 is 28.8 Å². The van der Waals surface area contributed by atoms with E-state index in [0.717, 1.165) is 32.1 Å². The first-order valence-electron chi connectivity index (χ1n) is 14.7. The van der Waals surface area contributed by atoms with Gasteiger partial charge in [-0.1, -0.05) is 84.0 Å². The van der Waals surface area contributed by atoms with Gasteiger partial charge in [0.1, 0.15) is 6.79 Å². The third-order valence-electron chi connectivity index (χ3n) is 7.52.